The number of aromatic amines is 1. The number of rotatable bonds is 3. The highest BCUT2D eigenvalue weighted by Crippen LogP contribution is 2.27. The van der Waals surface area contributed by atoms with Gasteiger partial charge in [0, 0.05) is 12.3 Å². The number of carbonyl (C=O) groups excluding carboxylic acids is 1. The Balaban J connectivity index is 2.88. The van der Waals surface area contributed by atoms with E-state index < -0.39 is 0 Å². The third kappa shape index (κ3) is 1.84. The van der Waals surface area contributed by atoms with Gasteiger partial charge in [-0.1, -0.05) is 0 Å². The van der Waals surface area contributed by atoms with Crippen molar-refractivity contribution >= 4 is 16.7 Å². The van der Waals surface area contributed by atoms with Crippen molar-refractivity contribution < 1.29 is 14.3 Å². The van der Waals surface area contributed by atoms with E-state index >= 15 is 0 Å². The number of nitrogens with one attached hydrogen (secondary N) is 1. The van der Waals surface area contributed by atoms with Crippen LogP contribution >= 0.6 is 0 Å². The highest BCUT2D eigenvalue weighted by Gasteiger charge is 2.13. The van der Waals surface area contributed by atoms with Gasteiger partial charge in [0.15, 0.2) is 11.2 Å². The lowest BCUT2D eigenvalue weighted by Gasteiger charge is -2.08. The second-order valence-corrected chi connectivity index (χ2v) is 3.84. The molecule has 0 radical (unpaired) electrons. The first-order valence-electron chi connectivity index (χ1n) is 5.37. The molecule has 0 aliphatic carbocycles. The first-order valence-corrected chi connectivity index (χ1v) is 5.37. The summed E-state index contributed by atoms with van der Waals surface area (Å²) < 4.78 is 10.3. The van der Waals surface area contributed by atoms with E-state index in [-0.39, 0.29) is 16.8 Å². The van der Waals surface area contributed by atoms with Crippen LogP contribution in [0.15, 0.2) is 23.1 Å². The highest BCUT2D eigenvalue weighted by molar-refractivity contribution is 5.98. The van der Waals surface area contributed by atoms with Crippen LogP contribution in [0.4, 0.5) is 0 Å². The molecule has 2 rings (SSSR count). The molecule has 0 saturated carbocycles. The summed E-state index contributed by atoms with van der Waals surface area (Å²) >= 11 is 0. The molecule has 0 atom stereocenters. The number of hydrogen-bond donors (Lipinski definition) is 1. The number of H-pyrrole nitrogens is 1. The van der Waals surface area contributed by atoms with Crippen LogP contribution in [0.2, 0.25) is 0 Å². The predicted octanol–water partition coefficient (Wildman–Crippen LogP) is 1.75. The first kappa shape index (κ1) is 12.2. The summed E-state index contributed by atoms with van der Waals surface area (Å²) in [5, 5.41) is 0.374. The molecule has 0 aliphatic rings. The minimum atomic E-state index is -0.326. The van der Waals surface area contributed by atoms with Crippen LogP contribution in [0, 0.1) is 0 Å². The van der Waals surface area contributed by atoms with Crippen molar-refractivity contribution in [3.63, 3.8) is 0 Å². The van der Waals surface area contributed by atoms with Crippen LogP contribution in [0.5, 0.6) is 11.5 Å². The molecule has 18 heavy (non-hydrogen) atoms. The van der Waals surface area contributed by atoms with Gasteiger partial charge in [0.25, 0.3) is 0 Å². The molecule has 5 heteroatoms. The van der Waals surface area contributed by atoms with Gasteiger partial charge >= 0.3 is 0 Å². The lowest BCUT2D eigenvalue weighted by molar-refractivity contribution is 0.101. The van der Waals surface area contributed by atoms with Crippen molar-refractivity contribution in [1.82, 2.24) is 4.98 Å². The fourth-order valence-electron chi connectivity index (χ4n) is 1.81. The van der Waals surface area contributed by atoms with Crippen LogP contribution < -0.4 is 14.9 Å². The Labute approximate surface area is 103 Å². The Bertz CT molecular complexity index is 672. The molecule has 2 aromatic rings. The summed E-state index contributed by atoms with van der Waals surface area (Å²) in [5.74, 6) is 0.724. The molecule has 0 saturated heterocycles. The quantitative estimate of drug-likeness (QED) is 0.839. The minimum Gasteiger partial charge on any atom is -0.497 e. The summed E-state index contributed by atoms with van der Waals surface area (Å²) in [7, 11) is 3.01. The molecule has 5 nitrogen and oxygen atoms in total. The molecule has 1 aromatic carbocycles. The topological polar surface area (TPSA) is 68.4 Å². The van der Waals surface area contributed by atoms with Crippen LogP contribution in [0.3, 0.4) is 0 Å². The Morgan fingerprint density at radius 1 is 1.22 bits per heavy atom. The molecular formula is C13H13NO4. The zero-order valence-corrected chi connectivity index (χ0v) is 10.4. The number of aromatic nitrogens is 1. The summed E-state index contributed by atoms with van der Waals surface area (Å²) in [6, 6.07) is 3.26. The van der Waals surface area contributed by atoms with E-state index in [9.17, 15) is 9.59 Å². The monoisotopic (exact) mass is 247 g/mol. The zero-order chi connectivity index (χ0) is 13.3. The van der Waals surface area contributed by atoms with Crippen LogP contribution in [0.1, 0.15) is 17.3 Å². The predicted molar refractivity (Wildman–Crippen MR) is 67.7 cm³/mol. The number of ether oxygens (including phenoxy) is 2. The standard InChI is InChI=1S/C13H13NO4/c1-7(15)10-6-14-12-9(13(10)16)4-8(17-2)5-11(12)18-3/h4-6H,1-3H3,(H,14,16). The lowest BCUT2D eigenvalue weighted by atomic mass is 10.1. The Kier molecular flexibility index (Phi) is 3.06. The van der Waals surface area contributed by atoms with Crippen molar-refractivity contribution in [2.45, 2.75) is 6.92 Å². The maximum atomic E-state index is 12.2. The van der Waals surface area contributed by atoms with Gasteiger partial charge in [0.1, 0.15) is 11.5 Å². The number of benzene rings is 1. The normalized spacial score (nSPS) is 10.4. The summed E-state index contributed by atoms with van der Waals surface area (Å²) in [6.45, 7) is 1.35. The zero-order valence-electron chi connectivity index (χ0n) is 10.4. The van der Waals surface area contributed by atoms with E-state index in [0.29, 0.717) is 22.4 Å². The van der Waals surface area contributed by atoms with Crippen LogP contribution in [-0.2, 0) is 0 Å². The molecule has 0 amide bonds. The number of pyridine rings is 1. The van der Waals surface area contributed by atoms with Gasteiger partial charge in [0.2, 0.25) is 0 Å². The van der Waals surface area contributed by atoms with E-state index in [1.807, 2.05) is 0 Å². The molecule has 0 spiro atoms. The number of hydrogen-bond acceptors (Lipinski definition) is 4. The Morgan fingerprint density at radius 3 is 2.50 bits per heavy atom. The van der Waals surface area contributed by atoms with Crippen molar-refractivity contribution in [1.29, 1.82) is 0 Å². The fraction of sp³-hybridized carbons (Fsp3) is 0.231. The first-order chi connectivity index (χ1) is 8.58. The SMILES string of the molecule is COc1cc(OC)c2[nH]cc(C(C)=O)c(=O)c2c1. The van der Waals surface area contributed by atoms with Gasteiger partial charge in [0.05, 0.1) is 30.7 Å². The molecule has 0 unspecified atom stereocenters. The molecule has 0 fully saturated rings. The molecular weight excluding hydrogens is 234 g/mol. The van der Waals surface area contributed by atoms with Gasteiger partial charge in [-0.05, 0) is 13.0 Å². The van der Waals surface area contributed by atoms with E-state index in [0.717, 1.165) is 0 Å². The van der Waals surface area contributed by atoms with Gasteiger partial charge in [-0.2, -0.15) is 0 Å². The Morgan fingerprint density at radius 2 is 1.94 bits per heavy atom. The lowest BCUT2D eigenvalue weighted by Crippen LogP contribution is -2.14. The second kappa shape index (κ2) is 4.52. The smallest absolute Gasteiger partial charge is 0.200 e. The molecule has 1 aromatic heterocycles. The van der Waals surface area contributed by atoms with E-state index in [1.54, 1.807) is 12.1 Å². The minimum absolute atomic E-state index is 0.123. The van der Waals surface area contributed by atoms with Gasteiger partial charge in [-0.15, -0.1) is 0 Å². The average molecular weight is 247 g/mol. The molecule has 1 heterocycles. The Hall–Kier alpha value is -2.30. The maximum absolute atomic E-state index is 12.2. The number of ketones is 1. The number of methoxy groups -OCH3 is 2. The summed E-state index contributed by atoms with van der Waals surface area (Å²) in [4.78, 5) is 26.4. The van der Waals surface area contributed by atoms with Gasteiger partial charge < -0.3 is 14.5 Å². The number of fused-ring (bicyclic) bond motifs is 1. The second-order valence-electron chi connectivity index (χ2n) is 3.84. The average Bonchev–Trinajstić information content (AvgIpc) is 2.37. The van der Waals surface area contributed by atoms with Crippen molar-refractivity contribution in [3.8, 4) is 11.5 Å². The summed E-state index contributed by atoms with van der Waals surface area (Å²) in [5.41, 5.74) is 0.347. The maximum Gasteiger partial charge on any atom is 0.200 e. The molecule has 1 N–H and O–H groups in total. The molecule has 0 aliphatic heterocycles. The van der Waals surface area contributed by atoms with Crippen molar-refractivity contribution in [2.24, 2.45) is 0 Å². The van der Waals surface area contributed by atoms with Gasteiger partial charge in [-0.3, -0.25) is 9.59 Å². The van der Waals surface area contributed by atoms with Gasteiger partial charge in [-0.25, -0.2) is 0 Å². The largest absolute Gasteiger partial charge is 0.497 e. The summed E-state index contributed by atoms with van der Waals surface area (Å²) in [6.07, 6.45) is 1.40. The highest BCUT2D eigenvalue weighted by atomic mass is 16.5. The third-order valence-corrected chi connectivity index (χ3v) is 2.76. The van der Waals surface area contributed by atoms with Crippen LogP contribution in [-0.4, -0.2) is 25.0 Å². The van der Waals surface area contributed by atoms with E-state index in [1.165, 1.54) is 27.3 Å². The van der Waals surface area contributed by atoms with Crippen molar-refractivity contribution in [2.75, 3.05) is 14.2 Å². The van der Waals surface area contributed by atoms with E-state index in [2.05, 4.69) is 4.98 Å². The third-order valence-electron chi connectivity index (χ3n) is 2.76. The number of carbonyl (C=O) groups is 1. The van der Waals surface area contributed by atoms with Crippen molar-refractivity contribution in [3.05, 3.63) is 34.1 Å². The fourth-order valence-corrected chi connectivity index (χ4v) is 1.81. The molecule has 94 valence electrons. The van der Waals surface area contributed by atoms with E-state index in [4.69, 9.17) is 9.47 Å². The van der Waals surface area contributed by atoms with Crippen LogP contribution in [0.25, 0.3) is 10.9 Å². The number of Topliss-reactive ketones (excluding diaryl/α,β-unsaturated/α-hetero) is 1. The molecule has 0 bridgehead atoms.